The normalized spacial score (nSPS) is 11.3. The first-order chi connectivity index (χ1) is 9.69. The first-order valence-corrected chi connectivity index (χ1v) is 7.09. The third-order valence-electron chi connectivity index (χ3n) is 2.96. The average Bonchev–Trinajstić information content (AvgIpc) is 2.36. The smallest absolute Gasteiger partial charge is 0.410 e. The van der Waals surface area contributed by atoms with Gasteiger partial charge in [0.25, 0.3) is 0 Å². The van der Waals surface area contributed by atoms with Gasteiger partial charge >= 0.3 is 6.09 Å². The van der Waals surface area contributed by atoms with Crippen molar-refractivity contribution in [2.45, 2.75) is 39.8 Å². The standard InChI is InChI=1S/C16H25FN2O2/c1-12-6-7-14(17)10-13(12)11-18-8-9-19(5)15(20)21-16(2,3)4/h6-7,10,18H,8-9,11H2,1-5H3. The van der Waals surface area contributed by atoms with Crippen LogP contribution in [-0.2, 0) is 11.3 Å². The second-order valence-corrected chi connectivity index (χ2v) is 6.15. The number of carbonyl (C=O) groups is 1. The van der Waals surface area contributed by atoms with E-state index < -0.39 is 5.60 Å². The van der Waals surface area contributed by atoms with Gasteiger partial charge in [0.05, 0.1) is 0 Å². The summed E-state index contributed by atoms with van der Waals surface area (Å²) in [6.45, 7) is 9.18. The largest absolute Gasteiger partial charge is 0.444 e. The van der Waals surface area contributed by atoms with Gasteiger partial charge in [-0.25, -0.2) is 9.18 Å². The Morgan fingerprint density at radius 3 is 2.67 bits per heavy atom. The fraction of sp³-hybridized carbons (Fsp3) is 0.562. The molecule has 1 rings (SSSR count). The third kappa shape index (κ3) is 6.58. The molecule has 0 heterocycles. The molecule has 118 valence electrons. The zero-order valence-electron chi connectivity index (χ0n) is 13.5. The number of aryl methyl sites for hydroxylation is 1. The van der Waals surface area contributed by atoms with Gasteiger partial charge in [0.1, 0.15) is 11.4 Å². The van der Waals surface area contributed by atoms with Gasteiger partial charge in [0.15, 0.2) is 0 Å². The highest BCUT2D eigenvalue weighted by atomic mass is 19.1. The van der Waals surface area contributed by atoms with Crippen LogP contribution in [0.1, 0.15) is 31.9 Å². The molecule has 0 spiro atoms. The Hall–Kier alpha value is -1.62. The second-order valence-electron chi connectivity index (χ2n) is 6.15. The number of rotatable bonds is 5. The van der Waals surface area contributed by atoms with Crippen LogP contribution in [0.4, 0.5) is 9.18 Å². The molecule has 21 heavy (non-hydrogen) atoms. The van der Waals surface area contributed by atoms with E-state index in [4.69, 9.17) is 4.74 Å². The summed E-state index contributed by atoms with van der Waals surface area (Å²) in [5.41, 5.74) is 1.48. The minimum absolute atomic E-state index is 0.233. The molecule has 1 aromatic carbocycles. The van der Waals surface area contributed by atoms with E-state index in [9.17, 15) is 9.18 Å². The molecule has 0 atom stereocenters. The maximum Gasteiger partial charge on any atom is 0.410 e. The summed E-state index contributed by atoms with van der Waals surface area (Å²) >= 11 is 0. The molecule has 1 aromatic rings. The van der Waals surface area contributed by atoms with Gasteiger partial charge in [-0.15, -0.1) is 0 Å². The number of ether oxygens (including phenoxy) is 1. The molecule has 0 aliphatic heterocycles. The van der Waals surface area contributed by atoms with Crippen LogP contribution >= 0.6 is 0 Å². The summed E-state index contributed by atoms with van der Waals surface area (Å²) in [6, 6.07) is 4.74. The number of amides is 1. The topological polar surface area (TPSA) is 41.6 Å². The van der Waals surface area contributed by atoms with E-state index in [-0.39, 0.29) is 11.9 Å². The summed E-state index contributed by atoms with van der Waals surface area (Å²) in [4.78, 5) is 13.3. The van der Waals surface area contributed by atoms with Crippen molar-refractivity contribution in [3.05, 3.63) is 35.1 Å². The Balaban J connectivity index is 2.34. The predicted molar refractivity (Wildman–Crippen MR) is 81.7 cm³/mol. The monoisotopic (exact) mass is 296 g/mol. The van der Waals surface area contributed by atoms with Crippen LogP contribution in [0, 0.1) is 12.7 Å². The van der Waals surface area contributed by atoms with E-state index in [1.165, 1.54) is 17.0 Å². The molecule has 0 aliphatic carbocycles. The van der Waals surface area contributed by atoms with Gasteiger partial charge in [-0.1, -0.05) is 6.07 Å². The summed E-state index contributed by atoms with van der Waals surface area (Å²) in [5.74, 6) is -0.233. The van der Waals surface area contributed by atoms with Crippen molar-refractivity contribution >= 4 is 6.09 Å². The Morgan fingerprint density at radius 2 is 2.05 bits per heavy atom. The molecule has 0 fully saturated rings. The summed E-state index contributed by atoms with van der Waals surface area (Å²) in [7, 11) is 1.70. The van der Waals surface area contributed by atoms with Crippen LogP contribution in [0.15, 0.2) is 18.2 Å². The van der Waals surface area contributed by atoms with E-state index in [1.54, 1.807) is 13.1 Å². The molecule has 5 heteroatoms. The highest BCUT2D eigenvalue weighted by Gasteiger charge is 2.19. The Kier molecular flexibility index (Phi) is 6.15. The molecule has 0 bridgehead atoms. The van der Waals surface area contributed by atoms with Gasteiger partial charge in [-0.05, 0) is 51.0 Å². The number of benzene rings is 1. The summed E-state index contributed by atoms with van der Waals surface area (Å²) in [6.07, 6.45) is -0.341. The van der Waals surface area contributed by atoms with E-state index in [1.807, 2.05) is 27.7 Å². The zero-order chi connectivity index (χ0) is 16.0. The van der Waals surface area contributed by atoms with Gasteiger partial charge < -0.3 is 15.0 Å². The Morgan fingerprint density at radius 1 is 1.38 bits per heavy atom. The van der Waals surface area contributed by atoms with Crippen molar-refractivity contribution < 1.29 is 13.9 Å². The molecule has 0 saturated carbocycles. The Bertz CT molecular complexity index is 484. The fourth-order valence-corrected chi connectivity index (χ4v) is 1.73. The summed E-state index contributed by atoms with van der Waals surface area (Å²) in [5, 5.41) is 3.20. The maximum atomic E-state index is 13.2. The minimum Gasteiger partial charge on any atom is -0.444 e. The molecule has 4 nitrogen and oxygen atoms in total. The lowest BCUT2D eigenvalue weighted by Crippen LogP contribution is -2.37. The van der Waals surface area contributed by atoms with Crippen molar-refractivity contribution in [2.24, 2.45) is 0 Å². The first kappa shape index (κ1) is 17.4. The molecule has 0 radical (unpaired) electrons. The van der Waals surface area contributed by atoms with Crippen molar-refractivity contribution in [3.63, 3.8) is 0 Å². The lowest BCUT2D eigenvalue weighted by atomic mass is 10.1. The molecular weight excluding hydrogens is 271 g/mol. The van der Waals surface area contributed by atoms with Crippen molar-refractivity contribution in [1.29, 1.82) is 0 Å². The van der Waals surface area contributed by atoms with Crippen molar-refractivity contribution in [3.8, 4) is 0 Å². The van der Waals surface area contributed by atoms with E-state index >= 15 is 0 Å². The SMILES string of the molecule is Cc1ccc(F)cc1CNCCN(C)C(=O)OC(C)(C)C. The average molecular weight is 296 g/mol. The van der Waals surface area contributed by atoms with Crippen LogP contribution in [0.5, 0.6) is 0 Å². The maximum absolute atomic E-state index is 13.2. The molecule has 1 amide bonds. The number of likely N-dealkylation sites (N-methyl/N-ethyl adjacent to an activating group) is 1. The Labute approximate surface area is 126 Å². The second kappa shape index (κ2) is 7.41. The minimum atomic E-state index is -0.489. The molecule has 0 aromatic heterocycles. The van der Waals surface area contributed by atoms with E-state index in [0.717, 1.165) is 11.1 Å². The first-order valence-electron chi connectivity index (χ1n) is 7.09. The molecule has 1 N–H and O–H groups in total. The summed E-state index contributed by atoms with van der Waals surface area (Å²) < 4.78 is 18.4. The highest BCUT2D eigenvalue weighted by molar-refractivity contribution is 5.67. The van der Waals surface area contributed by atoms with Gasteiger partial charge in [-0.2, -0.15) is 0 Å². The molecule has 0 saturated heterocycles. The van der Waals surface area contributed by atoms with Gasteiger partial charge in [0.2, 0.25) is 0 Å². The molecule has 0 aliphatic rings. The lowest BCUT2D eigenvalue weighted by Gasteiger charge is -2.24. The van der Waals surface area contributed by atoms with E-state index in [0.29, 0.717) is 19.6 Å². The number of halogens is 1. The number of hydrogen-bond donors (Lipinski definition) is 1. The molecular formula is C16H25FN2O2. The zero-order valence-corrected chi connectivity index (χ0v) is 13.5. The van der Waals surface area contributed by atoms with E-state index in [2.05, 4.69) is 5.32 Å². The number of nitrogens with zero attached hydrogens (tertiary/aromatic N) is 1. The predicted octanol–water partition coefficient (Wildman–Crippen LogP) is 3.09. The van der Waals surface area contributed by atoms with Crippen molar-refractivity contribution in [2.75, 3.05) is 20.1 Å². The van der Waals surface area contributed by atoms with Crippen LogP contribution in [0.3, 0.4) is 0 Å². The van der Waals surface area contributed by atoms with Crippen molar-refractivity contribution in [1.82, 2.24) is 10.2 Å². The quantitative estimate of drug-likeness (QED) is 0.849. The number of nitrogens with one attached hydrogen (secondary N) is 1. The van der Waals surface area contributed by atoms with Crippen LogP contribution in [-0.4, -0.2) is 36.7 Å². The lowest BCUT2D eigenvalue weighted by molar-refractivity contribution is 0.0300. The molecule has 0 unspecified atom stereocenters. The van der Waals surface area contributed by atoms with Crippen LogP contribution in [0.2, 0.25) is 0 Å². The highest BCUT2D eigenvalue weighted by Crippen LogP contribution is 2.10. The van der Waals surface area contributed by atoms with Crippen LogP contribution < -0.4 is 5.32 Å². The number of hydrogen-bond acceptors (Lipinski definition) is 3. The van der Waals surface area contributed by atoms with Gasteiger partial charge in [0, 0.05) is 26.7 Å². The third-order valence-corrected chi connectivity index (χ3v) is 2.96. The fourth-order valence-electron chi connectivity index (χ4n) is 1.73. The number of carbonyl (C=O) groups excluding carboxylic acids is 1. The van der Waals surface area contributed by atoms with Gasteiger partial charge in [-0.3, -0.25) is 0 Å². The van der Waals surface area contributed by atoms with Crippen LogP contribution in [0.25, 0.3) is 0 Å².